The summed E-state index contributed by atoms with van der Waals surface area (Å²) < 4.78 is 13.3. The van der Waals surface area contributed by atoms with E-state index in [1.165, 1.54) is 11.8 Å². The molecular formula is C34H36N4O4S. The number of rotatable bonds is 7. The van der Waals surface area contributed by atoms with E-state index in [4.69, 9.17) is 14.6 Å². The van der Waals surface area contributed by atoms with Crippen LogP contribution in [0, 0.1) is 13.8 Å². The van der Waals surface area contributed by atoms with Crippen LogP contribution in [-0.2, 0) is 9.59 Å². The molecule has 1 fully saturated rings. The summed E-state index contributed by atoms with van der Waals surface area (Å²) >= 11 is 1.52. The van der Waals surface area contributed by atoms with Gasteiger partial charge in [0, 0.05) is 29.8 Å². The Balaban J connectivity index is 1.65. The first kappa shape index (κ1) is 28.9. The maximum Gasteiger partial charge on any atom is 0.242 e. The maximum atomic E-state index is 14.1. The molecule has 8 nitrogen and oxygen atoms in total. The summed E-state index contributed by atoms with van der Waals surface area (Å²) in [6.07, 6.45) is 1.97. The van der Waals surface area contributed by atoms with Crippen molar-refractivity contribution in [1.82, 2.24) is 14.7 Å². The molecule has 3 aromatic carbocycles. The van der Waals surface area contributed by atoms with Crippen LogP contribution in [0.5, 0.6) is 11.5 Å². The Labute approximate surface area is 256 Å². The van der Waals surface area contributed by atoms with Crippen molar-refractivity contribution in [3.05, 3.63) is 89.0 Å². The van der Waals surface area contributed by atoms with Gasteiger partial charge in [0.05, 0.1) is 36.6 Å². The number of aryl methyl sites for hydroxylation is 2. The Bertz CT molecular complexity index is 1660. The number of benzene rings is 3. The van der Waals surface area contributed by atoms with E-state index in [1.54, 1.807) is 19.1 Å². The monoisotopic (exact) mass is 596 g/mol. The molecule has 222 valence electrons. The minimum atomic E-state index is -0.328. The van der Waals surface area contributed by atoms with Gasteiger partial charge < -0.3 is 14.4 Å². The van der Waals surface area contributed by atoms with Gasteiger partial charge in [-0.15, -0.1) is 11.8 Å². The highest BCUT2D eigenvalue weighted by Gasteiger charge is 2.39. The normalized spacial score (nSPS) is 16.7. The molecular weight excluding hydrogens is 560 g/mol. The number of fused-ring (bicyclic) bond motifs is 1. The molecule has 0 N–H and O–H groups in total. The predicted octanol–water partition coefficient (Wildman–Crippen LogP) is 5.96. The largest absolute Gasteiger partial charge is 0.497 e. The van der Waals surface area contributed by atoms with Crippen molar-refractivity contribution < 1.29 is 19.1 Å². The molecule has 1 aromatic heterocycles. The van der Waals surface area contributed by atoms with E-state index in [1.807, 2.05) is 77.2 Å². The fourth-order valence-electron chi connectivity index (χ4n) is 6.03. The Kier molecular flexibility index (Phi) is 8.17. The van der Waals surface area contributed by atoms with Gasteiger partial charge in [0.25, 0.3) is 0 Å². The van der Waals surface area contributed by atoms with Gasteiger partial charge in [-0.1, -0.05) is 48.0 Å². The minimum absolute atomic E-state index is 0.0425. The highest BCUT2D eigenvalue weighted by atomic mass is 32.2. The molecule has 2 aliphatic heterocycles. The van der Waals surface area contributed by atoms with Gasteiger partial charge in [-0.2, -0.15) is 5.10 Å². The van der Waals surface area contributed by atoms with Crippen molar-refractivity contribution in [3.63, 3.8) is 0 Å². The van der Waals surface area contributed by atoms with Crippen LogP contribution in [-0.4, -0.2) is 66.1 Å². The second kappa shape index (κ2) is 12.2. The molecule has 0 spiro atoms. The van der Waals surface area contributed by atoms with Crippen LogP contribution in [0.25, 0.3) is 16.9 Å². The Morgan fingerprint density at radius 1 is 0.977 bits per heavy atom. The van der Waals surface area contributed by atoms with E-state index in [2.05, 4.69) is 13.0 Å². The van der Waals surface area contributed by atoms with Crippen molar-refractivity contribution in [2.24, 2.45) is 0 Å². The van der Waals surface area contributed by atoms with Crippen LogP contribution in [0.1, 0.15) is 40.3 Å². The lowest BCUT2D eigenvalue weighted by molar-refractivity contribution is -0.130. The summed E-state index contributed by atoms with van der Waals surface area (Å²) in [4.78, 5) is 31.2. The summed E-state index contributed by atoms with van der Waals surface area (Å²) in [5, 5.41) is 4.91. The van der Waals surface area contributed by atoms with Crippen molar-refractivity contribution in [2.75, 3.05) is 44.5 Å². The van der Waals surface area contributed by atoms with Crippen LogP contribution in [0.3, 0.4) is 0 Å². The topological polar surface area (TPSA) is 76.9 Å². The maximum absolute atomic E-state index is 14.1. The van der Waals surface area contributed by atoms with Crippen molar-refractivity contribution in [3.8, 4) is 28.4 Å². The highest BCUT2D eigenvalue weighted by molar-refractivity contribution is 8.00. The fraction of sp³-hybridized carbons (Fsp3) is 0.324. The van der Waals surface area contributed by atoms with Gasteiger partial charge in [0.15, 0.2) is 0 Å². The zero-order chi connectivity index (χ0) is 30.1. The summed E-state index contributed by atoms with van der Waals surface area (Å²) in [5.41, 5.74) is 6.44. The molecule has 0 saturated carbocycles. The van der Waals surface area contributed by atoms with Crippen molar-refractivity contribution in [1.29, 1.82) is 0 Å². The van der Waals surface area contributed by atoms with E-state index >= 15 is 0 Å². The number of anilines is 1. The average Bonchev–Trinajstić information content (AvgIpc) is 3.67. The summed E-state index contributed by atoms with van der Waals surface area (Å²) in [6, 6.07) is 22.0. The van der Waals surface area contributed by atoms with Crippen LogP contribution >= 0.6 is 11.8 Å². The fourth-order valence-corrected chi connectivity index (χ4v) is 7.24. The molecule has 4 aromatic rings. The molecule has 2 amide bonds. The minimum Gasteiger partial charge on any atom is -0.497 e. The number of amides is 2. The Hall–Kier alpha value is -4.24. The van der Waals surface area contributed by atoms with E-state index in [0.717, 1.165) is 65.1 Å². The quantitative estimate of drug-likeness (QED) is 0.262. The standard InChI is InChI=1S/C34H36N4O4S/c1-22-12-14-27(23(2)18-22)38-34-31(32(35-38)24-10-6-5-7-11-24)33(26-19-25(41-3)13-15-28(26)42-4)43-21-30(40)37(34)20-29(39)36-16-8-9-17-36/h5-7,10-15,18-19,33H,8-9,16-17,20-21H2,1-4H3/t33-/m0/s1. The third-order valence-corrected chi connectivity index (χ3v) is 9.42. The number of carbonyl (C=O) groups excluding carboxylic acids is 2. The lowest BCUT2D eigenvalue weighted by atomic mass is 9.98. The molecule has 43 heavy (non-hydrogen) atoms. The molecule has 2 aliphatic rings. The number of thioether (sulfide) groups is 1. The van der Waals surface area contributed by atoms with Crippen LogP contribution in [0.4, 0.5) is 5.82 Å². The zero-order valence-corrected chi connectivity index (χ0v) is 25.8. The Morgan fingerprint density at radius 3 is 2.44 bits per heavy atom. The predicted molar refractivity (Wildman–Crippen MR) is 170 cm³/mol. The number of methoxy groups -OCH3 is 2. The molecule has 6 rings (SSSR count). The number of aromatic nitrogens is 2. The first-order valence-corrected chi connectivity index (χ1v) is 15.6. The van der Waals surface area contributed by atoms with E-state index in [9.17, 15) is 9.59 Å². The van der Waals surface area contributed by atoms with E-state index in [-0.39, 0.29) is 29.4 Å². The zero-order valence-electron chi connectivity index (χ0n) is 25.0. The number of carbonyl (C=O) groups is 2. The second-order valence-corrected chi connectivity index (χ2v) is 12.1. The van der Waals surface area contributed by atoms with Gasteiger partial charge in [0.1, 0.15) is 23.9 Å². The smallest absolute Gasteiger partial charge is 0.242 e. The molecule has 0 unspecified atom stereocenters. The second-order valence-electron chi connectivity index (χ2n) is 11.0. The van der Waals surface area contributed by atoms with Gasteiger partial charge >= 0.3 is 0 Å². The number of nitrogens with zero attached hydrogens (tertiary/aromatic N) is 4. The molecule has 1 atom stereocenters. The van der Waals surface area contributed by atoms with Crippen LogP contribution < -0.4 is 14.4 Å². The highest BCUT2D eigenvalue weighted by Crippen LogP contribution is 2.51. The molecule has 0 aliphatic carbocycles. The van der Waals surface area contributed by atoms with Crippen molar-refractivity contribution >= 4 is 29.4 Å². The first-order valence-electron chi connectivity index (χ1n) is 14.6. The number of ether oxygens (including phenoxy) is 2. The Morgan fingerprint density at radius 2 is 1.74 bits per heavy atom. The summed E-state index contributed by atoms with van der Waals surface area (Å²) in [6.45, 7) is 5.50. The van der Waals surface area contributed by atoms with Crippen LogP contribution in [0.15, 0.2) is 66.7 Å². The van der Waals surface area contributed by atoms with Gasteiger partial charge in [0.2, 0.25) is 11.8 Å². The van der Waals surface area contributed by atoms with Gasteiger partial charge in [-0.3, -0.25) is 14.5 Å². The number of hydrogen-bond donors (Lipinski definition) is 0. The lowest BCUT2D eigenvalue weighted by Crippen LogP contribution is -2.43. The van der Waals surface area contributed by atoms with Gasteiger partial charge in [-0.25, -0.2) is 4.68 Å². The SMILES string of the molecule is COc1ccc(OC)c([C@@H]2SCC(=O)N(CC(=O)N3CCCC3)c3c2c(-c2ccccc2)nn3-c2ccc(C)cc2C)c1. The lowest BCUT2D eigenvalue weighted by Gasteiger charge is -2.26. The number of likely N-dealkylation sites (tertiary alicyclic amines) is 1. The van der Waals surface area contributed by atoms with Crippen LogP contribution in [0.2, 0.25) is 0 Å². The summed E-state index contributed by atoms with van der Waals surface area (Å²) in [7, 11) is 3.29. The molecule has 0 bridgehead atoms. The van der Waals surface area contributed by atoms with Gasteiger partial charge in [-0.05, 0) is 56.5 Å². The van der Waals surface area contributed by atoms with E-state index < -0.39 is 0 Å². The van der Waals surface area contributed by atoms with E-state index in [0.29, 0.717) is 17.3 Å². The molecule has 0 radical (unpaired) electrons. The first-order chi connectivity index (χ1) is 20.9. The molecule has 1 saturated heterocycles. The third-order valence-electron chi connectivity index (χ3n) is 8.19. The number of hydrogen-bond acceptors (Lipinski definition) is 6. The third kappa shape index (κ3) is 5.49. The molecule has 3 heterocycles. The molecule has 9 heteroatoms. The van der Waals surface area contributed by atoms with Crippen molar-refractivity contribution in [2.45, 2.75) is 31.9 Å². The summed E-state index contributed by atoms with van der Waals surface area (Å²) in [5.74, 6) is 2.01. The average molecular weight is 597 g/mol.